The van der Waals surface area contributed by atoms with E-state index in [4.69, 9.17) is 4.74 Å². The molecule has 6 heteroatoms. The second-order valence-electron chi connectivity index (χ2n) is 4.34. The van der Waals surface area contributed by atoms with Crippen LogP contribution in [0.2, 0.25) is 0 Å². The summed E-state index contributed by atoms with van der Waals surface area (Å²) in [4.78, 5) is 19.2. The molecule has 0 saturated heterocycles. The fourth-order valence-corrected chi connectivity index (χ4v) is 1.75. The highest BCUT2D eigenvalue weighted by Crippen LogP contribution is 2.17. The number of ketones is 1. The number of ether oxygens (including phenoxy) is 1. The van der Waals surface area contributed by atoms with Gasteiger partial charge in [0.1, 0.15) is 17.8 Å². The molecule has 0 radical (unpaired) electrons. The van der Waals surface area contributed by atoms with Crippen molar-refractivity contribution in [2.45, 2.75) is 6.92 Å². The molecule has 0 saturated carbocycles. The van der Waals surface area contributed by atoms with Gasteiger partial charge in [-0.25, -0.2) is 9.67 Å². The highest BCUT2D eigenvalue weighted by atomic mass is 16.5. The van der Waals surface area contributed by atoms with Crippen LogP contribution in [-0.4, -0.2) is 25.5 Å². The van der Waals surface area contributed by atoms with Gasteiger partial charge in [0.2, 0.25) is 0 Å². The maximum Gasteiger partial charge on any atom is 0.341 e. The SMILES string of the molecule is CC(=O)c1ccc(Oc2ncn(-c3ccccc3)n2)cn1. The van der Waals surface area contributed by atoms with Crippen molar-refractivity contribution in [1.82, 2.24) is 19.7 Å². The smallest absolute Gasteiger partial charge is 0.341 e. The molecule has 21 heavy (non-hydrogen) atoms. The van der Waals surface area contributed by atoms with Gasteiger partial charge in [0.25, 0.3) is 0 Å². The van der Waals surface area contributed by atoms with Crippen LogP contribution in [0.5, 0.6) is 11.8 Å². The van der Waals surface area contributed by atoms with Crippen LogP contribution in [0.1, 0.15) is 17.4 Å². The molecule has 0 bridgehead atoms. The van der Waals surface area contributed by atoms with Gasteiger partial charge in [-0.2, -0.15) is 4.98 Å². The van der Waals surface area contributed by atoms with Crippen molar-refractivity contribution in [2.24, 2.45) is 0 Å². The van der Waals surface area contributed by atoms with Crippen LogP contribution in [0.25, 0.3) is 5.69 Å². The average Bonchev–Trinajstić information content (AvgIpc) is 2.97. The Bertz CT molecular complexity index is 751. The molecule has 0 spiro atoms. The van der Waals surface area contributed by atoms with Crippen LogP contribution in [0, 0.1) is 0 Å². The van der Waals surface area contributed by atoms with Crippen LogP contribution >= 0.6 is 0 Å². The number of benzene rings is 1. The maximum absolute atomic E-state index is 11.1. The highest BCUT2D eigenvalue weighted by Gasteiger charge is 2.06. The molecule has 0 aliphatic rings. The quantitative estimate of drug-likeness (QED) is 0.687. The Labute approximate surface area is 121 Å². The van der Waals surface area contributed by atoms with Crippen molar-refractivity contribution in [1.29, 1.82) is 0 Å². The van der Waals surface area contributed by atoms with Crippen molar-refractivity contribution in [3.63, 3.8) is 0 Å². The van der Waals surface area contributed by atoms with Crippen LogP contribution in [0.3, 0.4) is 0 Å². The minimum absolute atomic E-state index is 0.0898. The minimum atomic E-state index is -0.0898. The van der Waals surface area contributed by atoms with Gasteiger partial charge in [0, 0.05) is 6.92 Å². The van der Waals surface area contributed by atoms with Gasteiger partial charge in [-0.15, -0.1) is 5.10 Å². The summed E-state index contributed by atoms with van der Waals surface area (Å²) in [6, 6.07) is 13.1. The number of hydrogen-bond acceptors (Lipinski definition) is 5. The molecular weight excluding hydrogens is 268 g/mol. The lowest BCUT2D eigenvalue weighted by atomic mass is 10.3. The lowest BCUT2D eigenvalue weighted by Crippen LogP contribution is -1.97. The Morgan fingerprint density at radius 2 is 1.90 bits per heavy atom. The molecule has 0 unspecified atom stereocenters. The summed E-state index contributed by atoms with van der Waals surface area (Å²) in [6.45, 7) is 1.46. The van der Waals surface area contributed by atoms with Gasteiger partial charge < -0.3 is 4.74 Å². The van der Waals surface area contributed by atoms with Crippen molar-refractivity contribution >= 4 is 5.78 Å². The molecule has 0 aliphatic heterocycles. The lowest BCUT2D eigenvalue weighted by Gasteiger charge is -2.01. The van der Waals surface area contributed by atoms with E-state index in [9.17, 15) is 4.79 Å². The Morgan fingerprint density at radius 1 is 1.10 bits per heavy atom. The zero-order valence-electron chi connectivity index (χ0n) is 11.3. The zero-order valence-corrected chi connectivity index (χ0v) is 11.3. The summed E-state index contributed by atoms with van der Waals surface area (Å²) in [5, 5.41) is 4.22. The van der Waals surface area contributed by atoms with E-state index >= 15 is 0 Å². The average molecular weight is 280 g/mol. The van der Waals surface area contributed by atoms with Gasteiger partial charge >= 0.3 is 6.01 Å². The molecular formula is C15H12N4O2. The lowest BCUT2D eigenvalue weighted by molar-refractivity contribution is 0.101. The molecule has 3 rings (SSSR count). The van der Waals surface area contributed by atoms with E-state index in [-0.39, 0.29) is 11.8 Å². The predicted molar refractivity (Wildman–Crippen MR) is 75.7 cm³/mol. The summed E-state index contributed by atoms with van der Waals surface area (Å²) in [7, 11) is 0. The number of nitrogens with zero attached hydrogens (tertiary/aromatic N) is 4. The first kappa shape index (κ1) is 13.0. The molecule has 3 aromatic rings. The Kier molecular flexibility index (Phi) is 3.42. The van der Waals surface area contributed by atoms with E-state index in [0.29, 0.717) is 11.4 Å². The van der Waals surface area contributed by atoms with Gasteiger partial charge in [0.05, 0.1) is 11.9 Å². The van der Waals surface area contributed by atoms with E-state index in [1.165, 1.54) is 13.1 Å². The third-order valence-corrected chi connectivity index (χ3v) is 2.80. The molecule has 0 fully saturated rings. The third kappa shape index (κ3) is 2.94. The molecule has 0 atom stereocenters. The highest BCUT2D eigenvalue weighted by molar-refractivity contribution is 5.92. The molecule has 0 N–H and O–H groups in total. The zero-order chi connectivity index (χ0) is 14.7. The molecule has 104 valence electrons. The third-order valence-electron chi connectivity index (χ3n) is 2.80. The van der Waals surface area contributed by atoms with E-state index in [0.717, 1.165) is 5.69 Å². The Morgan fingerprint density at radius 3 is 2.57 bits per heavy atom. The first-order valence-corrected chi connectivity index (χ1v) is 6.34. The predicted octanol–water partition coefficient (Wildman–Crippen LogP) is 2.66. The maximum atomic E-state index is 11.1. The van der Waals surface area contributed by atoms with Gasteiger partial charge in [-0.05, 0) is 24.3 Å². The minimum Gasteiger partial charge on any atom is -0.422 e. The van der Waals surface area contributed by atoms with Crippen LogP contribution in [-0.2, 0) is 0 Å². The monoisotopic (exact) mass is 280 g/mol. The fourth-order valence-electron chi connectivity index (χ4n) is 1.75. The molecule has 0 amide bonds. The summed E-state index contributed by atoms with van der Waals surface area (Å²) < 4.78 is 7.12. The molecule has 2 heterocycles. The number of para-hydroxylation sites is 1. The van der Waals surface area contributed by atoms with Crippen LogP contribution < -0.4 is 4.74 Å². The van der Waals surface area contributed by atoms with Crippen molar-refractivity contribution < 1.29 is 9.53 Å². The number of carbonyl (C=O) groups excluding carboxylic acids is 1. The number of pyridine rings is 1. The molecule has 2 aromatic heterocycles. The molecule has 0 aliphatic carbocycles. The first-order chi connectivity index (χ1) is 10.2. The number of carbonyl (C=O) groups is 1. The van der Waals surface area contributed by atoms with Crippen molar-refractivity contribution in [3.05, 3.63) is 60.7 Å². The number of aromatic nitrogens is 4. The second kappa shape index (κ2) is 5.54. The topological polar surface area (TPSA) is 69.9 Å². The van der Waals surface area contributed by atoms with Crippen molar-refractivity contribution in [3.8, 4) is 17.4 Å². The Balaban J connectivity index is 1.77. The van der Waals surface area contributed by atoms with E-state index in [1.807, 2.05) is 30.3 Å². The van der Waals surface area contributed by atoms with Crippen LogP contribution in [0.15, 0.2) is 55.0 Å². The Hall–Kier alpha value is -3.02. The van der Waals surface area contributed by atoms with E-state index in [2.05, 4.69) is 15.1 Å². The standard InChI is InChI=1S/C15H12N4O2/c1-11(20)14-8-7-13(9-16-14)21-15-17-10-19(18-15)12-5-3-2-4-6-12/h2-10H,1H3. The summed E-state index contributed by atoms with van der Waals surface area (Å²) in [5.41, 5.74) is 1.29. The van der Waals surface area contributed by atoms with Crippen LogP contribution in [0.4, 0.5) is 0 Å². The number of hydrogen-bond donors (Lipinski definition) is 0. The van der Waals surface area contributed by atoms with Gasteiger partial charge in [-0.3, -0.25) is 4.79 Å². The normalized spacial score (nSPS) is 10.3. The summed E-state index contributed by atoms with van der Waals surface area (Å²) >= 11 is 0. The van der Waals surface area contributed by atoms with E-state index < -0.39 is 0 Å². The largest absolute Gasteiger partial charge is 0.422 e. The van der Waals surface area contributed by atoms with E-state index in [1.54, 1.807) is 23.1 Å². The molecule has 1 aromatic carbocycles. The summed E-state index contributed by atoms with van der Waals surface area (Å²) in [5.74, 6) is 0.388. The second-order valence-corrected chi connectivity index (χ2v) is 4.34. The molecule has 6 nitrogen and oxygen atoms in total. The first-order valence-electron chi connectivity index (χ1n) is 6.34. The number of rotatable bonds is 4. The fraction of sp³-hybridized carbons (Fsp3) is 0.0667. The summed E-state index contributed by atoms with van der Waals surface area (Å²) in [6.07, 6.45) is 3.04. The van der Waals surface area contributed by atoms with Gasteiger partial charge in [-0.1, -0.05) is 18.2 Å². The van der Waals surface area contributed by atoms with Crippen molar-refractivity contribution in [2.75, 3.05) is 0 Å². The van der Waals surface area contributed by atoms with Gasteiger partial charge in [0.15, 0.2) is 5.78 Å². The number of Topliss-reactive ketones (excluding diaryl/α,β-unsaturated/α-hetero) is 1.